The number of hydrogen-bond donors (Lipinski definition) is 1. The third-order valence-corrected chi connectivity index (χ3v) is 4.20. The van der Waals surface area contributed by atoms with Crippen molar-refractivity contribution < 1.29 is 0 Å². The minimum absolute atomic E-state index is 0.422. The molecule has 0 radical (unpaired) electrons. The molecule has 3 aromatic rings. The molecule has 1 saturated heterocycles. The van der Waals surface area contributed by atoms with Crippen molar-refractivity contribution in [1.82, 2.24) is 24.9 Å². The Bertz CT molecular complexity index is 821. The van der Waals surface area contributed by atoms with E-state index in [1.807, 2.05) is 18.2 Å². The van der Waals surface area contributed by atoms with Crippen molar-refractivity contribution in [3.8, 4) is 0 Å². The number of nitrogens with zero attached hydrogens (tertiary/aromatic N) is 6. The zero-order chi connectivity index (χ0) is 15.6. The molecule has 0 aliphatic carbocycles. The first-order valence-corrected chi connectivity index (χ1v) is 7.67. The molecule has 7 nitrogen and oxygen atoms in total. The lowest BCUT2D eigenvalue weighted by Crippen LogP contribution is -2.21. The van der Waals surface area contributed by atoms with Crippen LogP contribution in [0.25, 0.3) is 11.0 Å². The largest absolute Gasteiger partial charge is 0.382 e. The Morgan fingerprint density at radius 3 is 2.87 bits per heavy atom. The van der Waals surface area contributed by atoms with Crippen LogP contribution in [0.3, 0.4) is 0 Å². The number of nitrogens with two attached hydrogens (primary N) is 1. The second-order valence-electron chi connectivity index (χ2n) is 5.77. The van der Waals surface area contributed by atoms with E-state index in [1.165, 1.54) is 6.33 Å². The zero-order valence-corrected chi connectivity index (χ0v) is 12.6. The SMILES string of the molecule is Nc1ncnc2ccc(N3CCC(Cc4ncccn4)C3)nc12. The molecule has 0 spiro atoms. The summed E-state index contributed by atoms with van der Waals surface area (Å²) in [5.74, 6) is 2.79. The van der Waals surface area contributed by atoms with E-state index in [4.69, 9.17) is 5.73 Å². The van der Waals surface area contributed by atoms with Gasteiger partial charge in [-0.05, 0) is 30.5 Å². The predicted octanol–water partition coefficient (Wildman–Crippen LogP) is 1.47. The molecule has 0 amide bonds. The fourth-order valence-electron chi connectivity index (χ4n) is 3.03. The molecule has 4 heterocycles. The van der Waals surface area contributed by atoms with Gasteiger partial charge in [0.25, 0.3) is 0 Å². The highest BCUT2D eigenvalue weighted by Crippen LogP contribution is 2.26. The first-order chi connectivity index (χ1) is 11.3. The summed E-state index contributed by atoms with van der Waals surface area (Å²) in [4.78, 5) is 23.8. The van der Waals surface area contributed by atoms with E-state index >= 15 is 0 Å². The average molecular weight is 307 g/mol. The topological polar surface area (TPSA) is 93.7 Å². The zero-order valence-electron chi connectivity index (χ0n) is 12.6. The molecule has 116 valence electrons. The van der Waals surface area contributed by atoms with E-state index in [0.717, 1.165) is 43.1 Å². The van der Waals surface area contributed by atoms with Gasteiger partial charge < -0.3 is 10.6 Å². The standard InChI is InChI=1S/C16H17N7/c17-16-15-12(20-10-21-16)2-3-14(22-15)23-7-4-11(9-23)8-13-18-5-1-6-19-13/h1-3,5-6,10-11H,4,7-9H2,(H2,17,20,21). The maximum absolute atomic E-state index is 5.90. The van der Waals surface area contributed by atoms with Gasteiger partial charge in [0.1, 0.15) is 23.5 Å². The third kappa shape index (κ3) is 2.77. The van der Waals surface area contributed by atoms with Crippen LogP contribution in [-0.2, 0) is 6.42 Å². The molecule has 0 saturated carbocycles. The van der Waals surface area contributed by atoms with Gasteiger partial charge in [-0.3, -0.25) is 0 Å². The maximum Gasteiger partial charge on any atom is 0.153 e. The molecular weight excluding hydrogens is 290 g/mol. The van der Waals surface area contributed by atoms with Crippen LogP contribution in [0.5, 0.6) is 0 Å². The van der Waals surface area contributed by atoms with E-state index in [1.54, 1.807) is 12.4 Å². The summed E-state index contributed by atoms with van der Waals surface area (Å²) in [7, 11) is 0. The molecule has 2 N–H and O–H groups in total. The second-order valence-corrected chi connectivity index (χ2v) is 5.77. The predicted molar refractivity (Wildman–Crippen MR) is 87.8 cm³/mol. The van der Waals surface area contributed by atoms with E-state index in [9.17, 15) is 0 Å². The monoisotopic (exact) mass is 307 g/mol. The summed E-state index contributed by atoms with van der Waals surface area (Å²) >= 11 is 0. The van der Waals surface area contributed by atoms with Crippen molar-refractivity contribution in [3.05, 3.63) is 42.7 Å². The van der Waals surface area contributed by atoms with E-state index in [2.05, 4.69) is 29.8 Å². The highest BCUT2D eigenvalue weighted by Gasteiger charge is 2.24. The lowest BCUT2D eigenvalue weighted by atomic mass is 10.0. The Morgan fingerprint density at radius 1 is 1.13 bits per heavy atom. The summed E-state index contributed by atoms with van der Waals surface area (Å²) in [5, 5.41) is 0. The second kappa shape index (κ2) is 5.75. The van der Waals surface area contributed by atoms with Crippen molar-refractivity contribution in [1.29, 1.82) is 0 Å². The van der Waals surface area contributed by atoms with Crippen LogP contribution in [0, 0.1) is 5.92 Å². The highest BCUT2D eigenvalue weighted by molar-refractivity contribution is 5.84. The van der Waals surface area contributed by atoms with Gasteiger partial charge >= 0.3 is 0 Å². The Kier molecular flexibility index (Phi) is 3.45. The molecule has 1 unspecified atom stereocenters. The van der Waals surface area contributed by atoms with E-state index in [-0.39, 0.29) is 0 Å². The van der Waals surface area contributed by atoms with Gasteiger partial charge in [-0.15, -0.1) is 0 Å². The van der Waals surface area contributed by atoms with Crippen molar-refractivity contribution in [2.45, 2.75) is 12.8 Å². The molecule has 1 fully saturated rings. The number of pyridine rings is 1. The van der Waals surface area contributed by atoms with Gasteiger partial charge in [-0.2, -0.15) is 0 Å². The molecule has 7 heteroatoms. The molecule has 1 aliphatic rings. The van der Waals surface area contributed by atoms with E-state index < -0.39 is 0 Å². The third-order valence-electron chi connectivity index (χ3n) is 4.20. The van der Waals surface area contributed by atoms with Crippen LogP contribution in [0.4, 0.5) is 11.6 Å². The van der Waals surface area contributed by atoms with Crippen LogP contribution in [0.2, 0.25) is 0 Å². The van der Waals surface area contributed by atoms with Crippen LogP contribution in [-0.4, -0.2) is 38.0 Å². The first kappa shape index (κ1) is 13.8. The summed E-state index contributed by atoms with van der Waals surface area (Å²) in [6.45, 7) is 1.92. The molecule has 1 aliphatic heterocycles. The van der Waals surface area contributed by atoms with Gasteiger partial charge in [0.15, 0.2) is 5.82 Å². The fourth-order valence-corrected chi connectivity index (χ4v) is 3.03. The van der Waals surface area contributed by atoms with E-state index in [0.29, 0.717) is 17.3 Å². The lowest BCUT2D eigenvalue weighted by Gasteiger charge is -2.18. The smallest absolute Gasteiger partial charge is 0.153 e. The molecule has 0 bridgehead atoms. The van der Waals surface area contributed by atoms with Gasteiger partial charge in [-0.25, -0.2) is 24.9 Å². The van der Waals surface area contributed by atoms with Gasteiger partial charge in [0, 0.05) is 31.9 Å². The van der Waals surface area contributed by atoms with Crippen molar-refractivity contribution in [3.63, 3.8) is 0 Å². The normalized spacial score (nSPS) is 17.7. The minimum atomic E-state index is 0.422. The quantitative estimate of drug-likeness (QED) is 0.783. The molecule has 1 atom stereocenters. The number of hydrogen-bond acceptors (Lipinski definition) is 7. The number of nitrogen functional groups attached to an aromatic ring is 1. The van der Waals surface area contributed by atoms with Crippen molar-refractivity contribution in [2.75, 3.05) is 23.7 Å². The molecule has 3 aromatic heterocycles. The number of fused-ring (bicyclic) bond motifs is 1. The Morgan fingerprint density at radius 2 is 2.00 bits per heavy atom. The summed E-state index contributed by atoms with van der Waals surface area (Å²) in [5.41, 5.74) is 7.34. The van der Waals surface area contributed by atoms with Gasteiger partial charge in [0.2, 0.25) is 0 Å². The van der Waals surface area contributed by atoms with Crippen LogP contribution in [0.1, 0.15) is 12.2 Å². The average Bonchev–Trinajstić information content (AvgIpc) is 3.04. The van der Waals surface area contributed by atoms with Crippen LogP contribution >= 0.6 is 0 Å². The van der Waals surface area contributed by atoms with Crippen LogP contribution in [0.15, 0.2) is 36.9 Å². The molecule has 4 rings (SSSR count). The number of aromatic nitrogens is 5. The molecular formula is C16H17N7. The Labute approximate surface area is 133 Å². The highest BCUT2D eigenvalue weighted by atomic mass is 15.2. The maximum atomic E-state index is 5.90. The van der Waals surface area contributed by atoms with Crippen molar-refractivity contribution in [2.24, 2.45) is 5.92 Å². The molecule has 23 heavy (non-hydrogen) atoms. The summed E-state index contributed by atoms with van der Waals surface area (Å²) in [6, 6.07) is 5.79. The fraction of sp³-hybridized carbons (Fsp3) is 0.312. The van der Waals surface area contributed by atoms with Gasteiger partial charge in [0.05, 0.1) is 5.52 Å². The molecule has 0 aromatic carbocycles. The summed E-state index contributed by atoms with van der Waals surface area (Å²) in [6.07, 6.45) is 7.06. The van der Waals surface area contributed by atoms with Crippen LogP contribution < -0.4 is 10.6 Å². The number of anilines is 2. The minimum Gasteiger partial charge on any atom is -0.382 e. The first-order valence-electron chi connectivity index (χ1n) is 7.67. The summed E-state index contributed by atoms with van der Waals surface area (Å²) < 4.78 is 0. The Balaban J connectivity index is 1.52. The van der Waals surface area contributed by atoms with Gasteiger partial charge in [-0.1, -0.05) is 0 Å². The van der Waals surface area contributed by atoms with Crippen molar-refractivity contribution >= 4 is 22.7 Å². The lowest BCUT2D eigenvalue weighted by molar-refractivity contribution is 0.566. The number of rotatable bonds is 3. The Hall–Kier alpha value is -2.83.